The van der Waals surface area contributed by atoms with Crippen molar-refractivity contribution in [2.75, 3.05) is 0 Å². The van der Waals surface area contributed by atoms with Gasteiger partial charge in [-0.05, 0) is 84.6 Å². The van der Waals surface area contributed by atoms with Gasteiger partial charge in [-0.2, -0.15) is 0 Å². The minimum Gasteiger partial charge on any atom is -0.0654 e. The number of rotatable bonds is 10. The summed E-state index contributed by atoms with van der Waals surface area (Å²) < 4.78 is 0. The zero-order valence-electron chi connectivity index (χ0n) is 23.3. The molecule has 3 aromatic carbocycles. The topological polar surface area (TPSA) is 0 Å². The van der Waals surface area contributed by atoms with E-state index in [1.54, 1.807) is 16.0 Å². The van der Waals surface area contributed by atoms with Crippen molar-refractivity contribution in [2.24, 2.45) is 5.92 Å². The molecule has 4 rings (SSSR count). The predicted molar refractivity (Wildman–Crippen MR) is 161 cm³/mol. The molecule has 1 aliphatic rings. The van der Waals surface area contributed by atoms with Crippen LogP contribution in [0.4, 0.5) is 0 Å². The molecule has 1 atom stereocenters. The van der Waals surface area contributed by atoms with Crippen molar-refractivity contribution in [3.05, 3.63) is 112 Å². The summed E-state index contributed by atoms with van der Waals surface area (Å²) in [5.74, 6) is 0.454. The fourth-order valence-electron chi connectivity index (χ4n) is 6.34. The van der Waals surface area contributed by atoms with Crippen LogP contribution in [0.5, 0.6) is 0 Å². The standard InChI is InChI=1S/C35H44Si/c1-7-9-17-30-23-31(18-10-8-2)25-34(24-30)36(32-19-13-11-14-20-32,33-21-15-12-16-22-33)35-28(5)26(3)27(4)29(35)6/h11-16,19-25,28H,7-10,17-18H2,1-6H3. The average Bonchev–Trinajstić information content (AvgIpc) is 3.11. The quantitative estimate of drug-likeness (QED) is 0.201. The van der Waals surface area contributed by atoms with Crippen LogP contribution in [0.3, 0.4) is 0 Å². The van der Waals surface area contributed by atoms with Gasteiger partial charge in [-0.15, -0.1) is 0 Å². The van der Waals surface area contributed by atoms with E-state index in [1.165, 1.54) is 71.2 Å². The fraction of sp³-hybridized carbons (Fsp3) is 0.371. The van der Waals surface area contributed by atoms with Crippen molar-refractivity contribution in [1.29, 1.82) is 0 Å². The molecule has 0 N–H and O–H groups in total. The second kappa shape index (κ2) is 11.6. The largest absolute Gasteiger partial charge is 0.176 e. The van der Waals surface area contributed by atoms with E-state index in [-0.39, 0.29) is 0 Å². The molecule has 0 amide bonds. The van der Waals surface area contributed by atoms with E-state index in [2.05, 4.69) is 120 Å². The maximum Gasteiger partial charge on any atom is 0.176 e. The Morgan fingerprint density at radius 3 is 1.47 bits per heavy atom. The summed E-state index contributed by atoms with van der Waals surface area (Å²) in [4.78, 5) is 0. The molecule has 0 radical (unpaired) electrons. The van der Waals surface area contributed by atoms with Gasteiger partial charge in [0.1, 0.15) is 0 Å². The first-order chi connectivity index (χ1) is 17.4. The minimum atomic E-state index is -2.50. The van der Waals surface area contributed by atoms with Crippen LogP contribution in [0.15, 0.2) is 101 Å². The highest BCUT2D eigenvalue weighted by atomic mass is 28.3. The monoisotopic (exact) mass is 492 g/mol. The molecule has 0 nitrogen and oxygen atoms in total. The van der Waals surface area contributed by atoms with Gasteiger partial charge in [0.25, 0.3) is 0 Å². The lowest BCUT2D eigenvalue weighted by atomic mass is 10.0. The van der Waals surface area contributed by atoms with Crippen molar-refractivity contribution in [2.45, 2.75) is 80.1 Å². The summed E-state index contributed by atoms with van der Waals surface area (Å²) in [5, 5.41) is 6.27. The molecule has 0 heterocycles. The molecule has 0 aliphatic heterocycles. The Kier molecular flexibility index (Phi) is 8.52. The van der Waals surface area contributed by atoms with Crippen LogP contribution < -0.4 is 15.6 Å². The van der Waals surface area contributed by atoms with Crippen molar-refractivity contribution in [1.82, 2.24) is 0 Å². The van der Waals surface area contributed by atoms with Crippen molar-refractivity contribution in [3.8, 4) is 0 Å². The first-order valence-corrected chi connectivity index (χ1v) is 16.1. The highest BCUT2D eigenvalue weighted by Gasteiger charge is 2.48. The summed E-state index contributed by atoms with van der Waals surface area (Å²) >= 11 is 0. The Morgan fingerprint density at radius 2 is 1.08 bits per heavy atom. The molecule has 0 aromatic heterocycles. The Morgan fingerprint density at radius 1 is 0.611 bits per heavy atom. The third kappa shape index (κ3) is 4.83. The van der Waals surface area contributed by atoms with Gasteiger partial charge < -0.3 is 0 Å². The SMILES string of the molecule is CCCCc1cc(CCCC)cc([Si](C2=C(C)C(C)=C(C)C2C)(c2ccccc2)c2ccccc2)c1. The van der Waals surface area contributed by atoms with Crippen molar-refractivity contribution >= 4 is 23.6 Å². The van der Waals surface area contributed by atoms with E-state index in [0.717, 1.165) is 0 Å². The van der Waals surface area contributed by atoms with Gasteiger partial charge in [-0.25, -0.2) is 0 Å². The van der Waals surface area contributed by atoms with Crippen LogP contribution in [0, 0.1) is 5.92 Å². The molecule has 0 fully saturated rings. The Bertz CT molecular complexity index is 1160. The number of benzene rings is 3. The second-order valence-electron chi connectivity index (χ2n) is 10.8. The van der Waals surface area contributed by atoms with Crippen LogP contribution in [0.1, 0.15) is 78.4 Å². The third-order valence-electron chi connectivity index (χ3n) is 8.58. The zero-order chi connectivity index (χ0) is 25.7. The Balaban J connectivity index is 2.11. The first kappa shape index (κ1) is 26.4. The van der Waals surface area contributed by atoms with E-state index in [9.17, 15) is 0 Å². The van der Waals surface area contributed by atoms with Gasteiger partial charge in [0.2, 0.25) is 0 Å². The molecule has 0 bridgehead atoms. The van der Waals surface area contributed by atoms with Gasteiger partial charge in [-0.3, -0.25) is 0 Å². The maximum atomic E-state index is 2.60. The fourth-order valence-corrected chi connectivity index (χ4v) is 12.1. The highest BCUT2D eigenvalue weighted by molar-refractivity contribution is 7.16. The van der Waals surface area contributed by atoms with Crippen LogP contribution in [-0.2, 0) is 12.8 Å². The number of aryl methyl sites for hydroxylation is 2. The molecule has 0 saturated carbocycles. The Labute approximate surface area is 221 Å². The number of hydrogen-bond donors (Lipinski definition) is 0. The molecule has 3 aromatic rings. The molecule has 0 saturated heterocycles. The normalized spacial score (nSPS) is 16.2. The third-order valence-corrected chi connectivity index (χ3v) is 13.8. The Hall–Kier alpha value is -2.64. The van der Waals surface area contributed by atoms with E-state index in [4.69, 9.17) is 0 Å². The van der Waals surface area contributed by atoms with Crippen molar-refractivity contribution < 1.29 is 0 Å². The van der Waals surface area contributed by atoms with Gasteiger partial charge in [0.05, 0.1) is 0 Å². The lowest BCUT2D eigenvalue weighted by molar-refractivity contribution is 0.781. The maximum absolute atomic E-state index is 2.60. The number of allylic oxidation sites excluding steroid dienone is 4. The van der Waals surface area contributed by atoms with Crippen molar-refractivity contribution in [3.63, 3.8) is 0 Å². The van der Waals surface area contributed by atoms with Gasteiger partial charge in [-0.1, -0.05) is 129 Å². The van der Waals surface area contributed by atoms with Gasteiger partial charge in [0.15, 0.2) is 8.07 Å². The lowest BCUT2D eigenvalue weighted by Crippen LogP contribution is -2.69. The van der Waals surface area contributed by atoms with Gasteiger partial charge in [0, 0.05) is 0 Å². The van der Waals surface area contributed by atoms with Crippen LogP contribution in [-0.4, -0.2) is 8.07 Å². The van der Waals surface area contributed by atoms with E-state index < -0.39 is 8.07 Å². The second-order valence-corrected chi connectivity index (χ2v) is 14.6. The molecule has 36 heavy (non-hydrogen) atoms. The lowest BCUT2D eigenvalue weighted by Gasteiger charge is -2.39. The zero-order valence-corrected chi connectivity index (χ0v) is 24.3. The average molecular weight is 493 g/mol. The molecule has 1 heteroatoms. The minimum absolute atomic E-state index is 0.454. The molecular formula is C35H44Si. The summed E-state index contributed by atoms with van der Waals surface area (Å²) in [5.41, 5.74) is 7.60. The molecular weight excluding hydrogens is 448 g/mol. The predicted octanol–water partition coefficient (Wildman–Crippen LogP) is 7.68. The molecule has 188 valence electrons. The summed E-state index contributed by atoms with van der Waals surface area (Å²) in [7, 11) is -2.50. The number of hydrogen-bond acceptors (Lipinski definition) is 0. The van der Waals surface area contributed by atoms with Crippen LogP contribution >= 0.6 is 0 Å². The van der Waals surface area contributed by atoms with Gasteiger partial charge >= 0.3 is 0 Å². The molecule has 1 aliphatic carbocycles. The van der Waals surface area contributed by atoms with E-state index in [1.807, 2.05) is 0 Å². The summed E-state index contributed by atoms with van der Waals surface area (Å²) in [6.07, 6.45) is 7.30. The smallest absolute Gasteiger partial charge is 0.0654 e. The van der Waals surface area contributed by atoms with Crippen LogP contribution in [0.2, 0.25) is 0 Å². The summed E-state index contributed by atoms with van der Waals surface area (Å²) in [6, 6.07) is 30.7. The molecule has 0 spiro atoms. The first-order valence-electron chi connectivity index (χ1n) is 14.1. The number of unbranched alkanes of at least 4 members (excludes halogenated alkanes) is 2. The molecule has 1 unspecified atom stereocenters. The highest BCUT2D eigenvalue weighted by Crippen LogP contribution is 2.41. The van der Waals surface area contributed by atoms with E-state index >= 15 is 0 Å². The van der Waals surface area contributed by atoms with Crippen LogP contribution in [0.25, 0.3) is 0 Å². The van der Waals surface area contributed by atoms with E-state index in [0.29, 0.717) is 5.92 Å². The summed E-state index contributed by atoms with van der Waals surface area (Å²) in [6.45, 7) is 14.2.